The fourth-order valence-electron chi connectivity index (χ4n) is 3.53. The van der Waals surface area contributed by atoms with Gasteiger partial charge in [-0.1, -0.05) is 26.0 Å². The van der Waals surface area contributed by atoms with Gasteiger partial charge in [0.15, 0.2) is 6.29 Å². The van der Waals surface area contributed by atoms with Crippen LogP contribution in [0.3, 0.4) is 0 Å². The van der Waals surface area contributed by atoms with Crippen LogP contribution in [-0.4, -0.2) is 47.7 Å². The quantitative estimate of drug-likeness (QED) is 0.525. The van der Waals surface area contributed by atoms with Gasteiger partial charge >= 0.3 is 0 Å². The molecule has 0 saturated carbocycles. The maximum Gasteiger partial charge on any atom is 0.176 e. The summed E-state index contributed by atoms with van der Waals surface area (Å²) in [6.45, 7) is 5.84. The molecule has 1 saturated heterocycles. The lowest BCUT2D eigenvalue weighted by Gasteiger charge is -2.26. The van der Waals surface area contributed by atoms with Gasteiger partial charge in [-0.05, 0) is 31.4 Å². The van der Waals surface area contributed by atoms with E-state index in [1.165, 1.54) is 0 Å². The van der Waals surface area contributed by atoms with Crippen LogP contribution in [0.2, 0.25) is 0 Å². The first-order valence-corrected chi connectivity index (χ1v) is 8.37. The maximum atomic E-state index is 10.6. The number of nitrogens with one attached hydrogen (secondary N) is 2. The van der Waals surface area contributed by atoms with Gasteiger partial charge < -0.3 is 10.5 Å². The van der Waals surface area contributed by atoms with E-state index in [2.05, 4.69) is 46.7 Å². The van der Waals surface area contributed by atoms with Crippen molar-refractivity contribution in [2.75, 3.05) is 13.1 Å². The lowest BCUT2D eigenvalue weighted by molar-refractivity contribution is -0.0233. The molecular formula is C16H27N5O. The van der Waals surface area contributed by atoms with E-state index in [1.54, 1.807) is 0 Å². The van der Waals surface area contributed by atoms with Crippen LogP contribution in [0.15, 0.2) is 22.1 Å². The van der Waals surface area contributed by atoms with Gasteiger partial charge in [0.1, 0.15) is 12.1 Å². The Morgan fingerprint density at radius 2 is 2.32 bits per heavy atom. The molecule has 1 aliphatic carbocycles. The van der Waals surface area contributed by atoms with Gasteiger partial charge in [-0.3, -0.25) is 4.99 Å². The fourth-order valence-corrected chi connectivity index (χ4v) is 3.53. The molecule has 5 unspecified atom stereocenters. The number of likely N-dealkylation sites (tertiary alicyclic amines) is 1. The summed E-state index contributed by atoms with van der Waals surface area (Å²) < 4.78 is 0. The Hall–Kier alpha value is -1.24. The van der Waals surface area contributed by atoms with E-state index in [1.807, 2.05) is 6.21 Å². The number of hydrazine groups is 1. The average molecular weight is 305 g/mol. The fraction of sp³-hybridized carbons (Fsp3) is 0.750. The number of hydrogen-bond donors (Lipinski definition) is 3. The Morgan fingerprint density at radius 1 is 1.50 bits per heavy atom. The maximum absolute atomic E-state index is 10.6. The SMILES string of the molecule is CCC=NCC(C)C1=NC(N2CC3CC=CCC3C2O)NN1. The Balaban J connectivity index is 1.61. The Morgan fingerprint density at radius 3 is 3.09 bits per heavy atom. The number of aliphatic imine (C=N–C) groups is 2. The van der Waals surface area contributed by atoms with Gasteiger partial charge in [-0.2, -0.15) is 5.43 Å². The molecule has 2 heterocycles. The van der Waals surface area contributed by atoms with E-state index in [0.29, 0.717) is 11.8 Å². The lowest BCUT2D eigenvalue weighted by atomic mass is 9.85. The molecule has 22 heavy (non-hydrogen) atoms. The minimum Gasteiger partial charge on any atom is -0.378 e. The minimum absolute atomic E-state index is 0.173. The standard InChI is InChI=1S/C16H27N5O/c1-3-8-17-9-11(2)14-18-16(20-19-14)21-10-12-6-4-5-7-13(12)15(21)22/h4-5,8,11-13,15-16,20,22H,3,6-7,9-10H2,1-2H3,(H,18,19). The van der Waals surface area contributed by atoms with E-state index in [9.17, 15) is 5.11 Å². The first kappa shape index (κ1) is 15.6. The highest BCUT2D eigenvalue weighted by molar-refractivity contribution is 5.85. The molecule has 6 heteroatoms. The summed E-state index contributed by atoms with van der Waals surface area (Å²) in [6.07, 6.45) is 8.79. The van der Waals surface area contributed by atoms with Crippen molar-refractivity contribution in [3.63, 3.8) is 0 Å². The van der Waals surface area contributed by atoms with Crippen LogP contribution in [0.4, 0.5) is 0 Å². The van der Waals surface area contributed by atoms with Crippen molar-refractivity contribution >= 4 is 12.1 Å². The number of nitrogens with zero attached hydrogens (tertiary/aromatic N) is 3. The van der Waals surface area contributed by atoms with Crippen LogP contribution >= 0.6 is 0 Å². The van der Waals surface area contributed by atoms with Crippen molar-refractivity contribution in [3.8, 4) is 0 Å². The molecule has 0 aromatic heterocycles. The smallest absolute Gasteiger partial charge is 0.176 e. The molecule has 3 rings (SSSR count). The summed E-state index contributed by atoms with van der Waals surface area (Å²) in [5.41, 5.74) is 6.37. The molecule has 5 atom stereocenters. The number of fused-ring (bicyclic) bond motifs is 1. The summed E-state index contributed by atoms with van der Waals surface area (Å²) in [7, 11) is 0. The monoisotopic (exact) mass is 305 g/mol. The predicted octanol–water partition coefficient (Wildman–Crippen LogP) is 1.11. The largest absolute Gasteiger partial charge is 0.378 e. The van der Waals surface area contributed by atoms with Crippen LogP contribution in [0.1, 0.15) is 33.1 Å². The second kappa shape index (κ2) is 6.89. The van der Waals surface area contributed by atoms with Gasteiger partial charge in [0.25, 0.3) is 0 Å². The molecule has 6 nitrogen and oxygen atoms in total. The summed E-state index contributed by atoms with van der Waals surface area (Å²) in [5.74, 6) is 2.08. The molecule has 2 aliphatic heterocycles. The van der Waals surface area contributed by atoms with Crippen molar-refractivity contribution in [2.45, 2.75) is 45.6 Å². The van der Waals surface area contributed by atoms with Crippen molar-refractivity contribution in [2.24, 2.45) is 27.7 Å². The van der Waals surface area contributed by atoms with Crippen LogP contribution < -0.4 is 10.9 Å². The second-order valence-corrected chi connectivity index (χ2v) is 6.49. The van der Waals surface area contributed by atoms with Crippen molar-refractivity contribution < 1.29 is 5.11 Å². The first-order valence-electron chi connectivity index (χ1n) is 8.37. The van der Waals surface area contributed by atoms with E-state index in [0.717, 1.165) is 38.2 Å². The normalized spacial score (nSPS) is 36.4. The average Bonchev–Trinajstić information content (AvgIpc) is 3.13. The van der Waals surface area contributed by atoms with Crippen LogP contribution in [0.25, 0.3) is 0 Å². The minimum atomic E-state index is -0.411. The van der Waals surface area contributed by atoms with Crippen LogP contribution in [-0.2, 0) is 0 Å². The molecule has 122 valence electrons. The number of aliphatic hydroxyl groups excluding tert-OH is 1. The van der Waals surface area contributed by atoms with Gasteiger partial charge in [0, 0.05) is 24.9 Å². The van der Waals surface area contributed by atoms with Crippen LogP contribution in [0.5, 0.6) is 0 Å². The molecule has 3 N–H and O–H groups in total. The Labute approximate surface area is 132 Å². The van der Waals surface area contributed by atoms with Crippen molar-refractivity contribution in [1.82, 2.24) is 15.8 Å². The third-order valence-electron chi connectivity index (χ3n) is 4.85. The topological polar surface area (TPSA) is 72.2 Å². The van der Waals surface area contributed by atoms with Crippen LogP contribution in [0, 0.1) is 17.8 Å². The van der Waals surface area contributed by atoms with Gasteiger partial charge in [0.05, 0.1) is 0 Å². The molecular weight excluding hydrogens is 278 g/mol. The van der Waals surface area contributed by atoms with Gasteiger partial charge in [0.2, 0.25) is 0 Å². The summed E-state index contributed by atoms with van der Waals surface area (Å²) in [4.78, 5) is 11.2. The molecule has 1 fully saturated rings. The Kier molecular flexibility index (Phi) is 4.90. The second-order valence-electron chi connectivity index (χ2n) is 6.49. The molecule has 0 aromatic carbocycles. The molecule has 3 aliphatic rings. The van der Waals surface area contributed by atoms with Gasteiger partial charge in [-0.25, -0.2) is 9.89 Å². The van der Waals surface area contributed by atoms with Gasteiger partial charge in [-0.15, -0.1) is 0 Å². The summed E-state index contributed by atoms with van der Waals surface area (Å²) in [6, 6.07) is 0. The zero-order valence-electron chi connectivity index (χ0n) is 13.4. The number of aliphatic hydroxyl groups is 1. The third kappa shape index (κ3) is 3.09. The predicted molar refractivity (Wildman–Crippen MR) is 88.4 cm³/mol. The highest BCUT2D eigenvalue weighted by Crippen LogP contribution is 2.37. The third-order valence-corrected chi connectivity index (χ3v) is 4.85. The first-order chi connectivity index (χ1) is 10.7. The van der Waals surface area contributed by atoms with Crippen molar-refractivity contribution in [1.29, 1.82) is 0 Å². The molecule has 0 spiro atoms. The van der Waals surface area contributed by atoms with E-state index in [-0.39, 0.29) is 12.2 Å². The van der Waals surface area contributed by atoms with Crippen molar-refractivity contribution in [3.05, 3.63) is 12.2 Å². The highest BCUT2D eigenvalue weighted by atomic mass is 16.3. The number of hydrogen-bond acceptors (Lipinski definition) is 6. The number of amidine groups is 1. The highest BCUT2D eigenvalue weighted by Gasteiger charge is 2.44. The number of rotatable bonds is 5. The molecule has 0 amide bonds. The number of allylic oxidation sites excluding steroid dienone is 2. The summed E-state index contributed by atoms with van der Waals surface area (Å²) >= 11 is 0. The zero-order chi connectivity index (χ0) is 15.5. The molecule has 0 bridgehead atoms. The molecule has 0 aromatic rings. The van der Waals surface area contributed by atoms with E-state index >= 15 is 0 Å². The summed E-state index contributed by atoms with van der Waals surface area (Å²) in [5, 5.41) is 10.6. The lowest BCUT2D eigenvalue weighted by Crippen LogP contribution is -2.49. The van der Waals surface area contributed by atoms with E-state index < -0.39 is 6.23 Å². The zero-order valence-corrected chi connectivity index (χ0v) is 13.4. The Bertz CT molecular complexity index is 475. The molecule has 0 radical (unpaired) electrons. The van der Waals surface area contributed by atoms with E-state index in [4.69, 9.17) is 4.99 Å².